The van der Waals surface area contributed by atoms with Crippen molar-refractivity contribution in [2.45, 2.75) is 20.4 Å². The minimum Gasteiger partial charge on any atom is -0.494 e. The van der Waals surface area contributed by atoms with Gasteiger partial charge in [-0.3, -0.25) is 4.79 Å². The van der Waals surface area contributed by atoms with Gasteiger partial charge >= 0.3 is 11.9 Å². The van der Waals surface area contributed by atoms with E-state index in [1.807, 2.05) is 17.6 Å². The highest BCUT2D eigenvalue weighted by Gasteiger charge is 2.16. The Morgan fingerprint density at radius 2 is 2.16 bits per heavy atom. The number of thiazole rings is 1. The number of amides is 1. The molecule has 2 aromatic rings. The van der Waals surface area contributed by atoms with E-state index in [2.05, 4.69) is 4.99 Å². The van der Waals surface area contributed by atoms with E-state index in [-0.39, 0.29) is 11.7 Å². The molecule has 25 heavy (non-hydrogen) atoms. The Balaban J connectivity index is 2.03. The van der Waals surface area contributed by atoms with Crippen molar-refractivity contribution in [1.82, 2.24) is 4.57 Å². The Hall–Kier alpha value is -2.61. The van der Waals surface area contributed by atoms with Crippen LogP contribution in [0, 0.1) is 0 Å². The van der Waals surface area contributed by atoms with E-state index in [9.17, 15) is 9.59 Å². The molecule has 1 amide bonds. The third-order valence-electron chi connectivity index (χ3n) is 3.57. The van der Waals surface area contributed by atoms with Gasteiger partial charge in [0.15, 0.2) is 4.80 Å². The molecular weight excluding hydrogens is 344 g/mol. The van der Waals surface area contributed by atoms with Crippen molar-refractivity contribution >= 4 is 33.4 Å². The smallest absolute Gasteiger partial charge is 0.338 e. The first-order valence-electron chi connectivity index (χ1n) is 7.98. The van der Waals surface area contributed by atoms with Crippen LogP contribution in [0.5, 0.6) is 0 Å². The van der Waals surface area contributed by atoms with Gasteiger partial charge in [-0.25, -0.2) is 4.79 Å². The molecule has 1 aromatic carbocycles. The van der Waals surface area contributed by atoms with Gasteiger partial charge in [-0.05, 0) is 32.0 Å². The molecule has 1 aliphatic rings. The van der Waals surface area contributed by atoms with Crippen molar-refractivity contribution < 1.29 is 23.8 Å². The average Bonchev–Trinajstić information content (AvgIpc) is 2.98. The third-order valence-corrected chi connectivity index (χ3v) is 4.61. The topological polar surface area (TPSA) is 79.1 Å². The van der Waals surface area contributed by atoms with Crippen LogP contribution in [0.25, 0.3) is 10.2 Å². The zero-order chi connectivity index (χ0) is 17.8. The first kappa shape index (κ1) is 17.2. The van der Waals surface area contributed by atoms with Gasteiger partial charge in [0.1, 0.15) is 19.5 Å². The van der Waals surface area contributed by atoms with Gasteiger partial charge in [-0.1, -0.05) is 11.3 Å². The second kappa shape index (κ2) is 7.52. The number of aromatic nitrogens is 1. The quantitative estimate of drug-likeness (QED) is 0.779. The average molecular weight is 362 g/mol. The summed E-state index contributed by atoms with van der Waals surface area (Å²) in [6.45, 7) is 5.45. The molecule has 0 saturated carbocycles. The Bertz CT molecular complexity index is 909. The molecule has 0 fully saturated rings. The molecule has 3 rings (SSSR count). The fourth-order valence-corrected chi connectivity index (χ4v) is 3.56. The van der Waals surface area contributed by atoms with Gasteiger partial charge in [-0.15, -0.1) is 0 Å². The third kappa shape index (κ3) is 3.58. The number of aryl methyl sites for hydroxylation is 1. The molecule has 0 unspecified atom stereocenters. The number of nitrogens with zero attached hydrogens (tertiary/aromatic N) is 2. The standard InChI is InChI=1S/C17H18N2O5S/c1-3-19-12-6-5-11(16(21)23-4-2)9-14(12)25-17(19)18-15(20)13-10-22-7-8-24-13/h5-6,9-10H,3-4,7-8H2,1-2H3. The molecule has 0 atom stereocenters. The lowest BCUT2D eigenvalue weighted by molar-refractivity contribution is -0.119. The van der Waals surface area contributed by atoms with Gasteiger partial charge < -0.3 is 18.8 Å². The molecule has 132 valence electrons. The summed E-state index contributed by atoms with van der Waals surface area (Å²) in [5.74, 6) is -0.758. The van der Waals surface area contributed by atoms with Gasteiger partial charge in [0.05, 0.1) is 22.4 Å². The van der Waals surface area contributed by atoms with Gasteiger partial charge in [0.25, 0.3) is 0 Å². The SMILES string of the molecule is CCOC(=O)c1ccc2c(c1)sc(=NC(=O)C1=COCCO1)n2CC. The van der Waals surface area contributed by atoms with Crippen molar-refractivity contribution in [3.05, 3.63) is 40.6 Å². The number of benzene rings is 1. The van der Waals surface area contributed by atoms with E-state index in [1.54, 1.807) is 19.1 Å². The Labute approximate surface area is 148 Å². The Morgan fingerprint density at radius 1 is 1.32 bits per heavy atom. The summed E-state index contributed by atoms with van der Waals surface area (Å²) < 4.78 is 18.2. The predicted molar refractivity (Wildman–Crippen MR) is 92.0 cm³/mol. The molecule has 0 aliphatic carbocycles. The molecule has 7 nitrogen and oxygen atoms in total. The molecular formula is C17H18N2O5S. The molecule has 1 aromatic heterocycles. The lowest BCUT2D eigenvalue weighted by Crippen LogP contribution is -2.19. The van der Waals surface area contributed by atoms with E-state index in [4.69, 9.17) is 14.2 Å². The number of carbonyl (C=O) groups is 2. The summed E-state index contributed by atoms with van der Waals surface area (Å²) in [6.07, 6.45) is 1.29. The maximum absolute atomic E-state index is 12.3. The molecule has 0 bridgehead atoms. The Morgan fingerprint density at radius 3 is 2.84 bits per heavy atom. The molecule has 2 heterocycles. The number of ether oxygens (including phenoxy) is 3. The summed E-state index contributed by atoms with van der Waals surface area (Å²) in [7, 11) is 0. The van der Waals surface area contributed by atoms with Crippen molar-refractivity contribution in [2.75, 3.05) is 19.8 Å². The molecule has 1 aliphatic heterocycles. The number of carbonyl (C=O) groups excluding carboxylic acids is 2. The highest BCUT2D eigenvalue weighted by Crippen LogP contribution is 2.20. The van der Waals surface area contributed by atoms with Crippen LogP contribution in [0.2, 0.25) is 0 Å². The van der Waals surface area contributed by atoms with Crippen molar-refractivity contribution in [2.24, 2.45) is 4.99 Å². The van der Waals surface area contributed by atoms with Crippen LogP contribution >= 0.6 is 11.3 Å². The minimum atomic E-state index is -0.487. The first-order valence-corrected chi connectivity index (χ1v) is 8.79. The number of fused-ring (bicyclic) bond motifs is 1. The zero-order valence-electron chi connectivity index (χ0n) is 14.0. The zero-order valence-corrected chi connectivity index (χ0v) is 14.8. The van der Waals surface area contributed by atoms with Gasteiger partial charge in [0, 0.05) is 6.54 Å². The molecule has 0 spiro atoms. The summed E-state index contributed by atoms with van der Waals surface area (Å²) in [6, 6.07) is 5.31. The van der Waals surface area contributed by atoms with Crippen LogP contribution in [0.3, 0.4) is 0 Å². The monoisotopic (exact) mass is 362 g/mol. The van der Waals surface area contributed by atoms with E-state index in [0.29, 0.717) is 36.7 Å². The van der Waals surface area contributed by atoms with E-state index >= 15 is 0 Å². The second-order valence-corrected chi connectivity index (χ2v) is 6.16. The first-order chi connectivity index (χ1) is 12.1. The summed E-state index contributed by atoms with van der Waals surface area (Å²) in [5.41, 5.74) is 1.38. The van der Waals surface area contributed by atoms with E-state index in [1.165, 1.54) is 17.6 Å². The van der Waals surface area contributed by atoms with E-state index < -0.39 is 5.91 Å². The van der Waals surface area contributed by atoms with Crippen molar-refractivity contribution in [3.63, 3.8) is 0 Å². The maximum Gasteiger partial charge on any atom is 0.338 e. The van der Waals surface area contributed by atoms with Gasteiger partial charge in [0.2, 0.25) is 5.76 Å². The van der Waals surface area contributed by atoms with Crippen LogP contribution < -0.4 is 4.80 Å². The molecule has 8 heteroatoms. The highest BCUT2D eigenvalue weighted by atomic mass is 32.1. The fourth-order valence-electron chi connectivity index (χ4n) is 2.43. The predicted octanol–water partition coefficient (Wildman–Crippen LogP) is 2.21. The largest absolute Gasteiger partial charge is 0.494 e. The maximum atomic E-state index is 12.3. The normalized spacial score (nSPS) is 14.6. The lowest BCUT2D eigenvalue weighted by Gasteiger charge is -2.12. The van der Waals surface area contributed by atoms with Crippen molar-refractivity contribution in [3.8, 4) is 0 Å². The highest BCUT2D eigenvalue weighted by molar-refractivity contribution is 7.16. The van der Waals surface area contributed by atoms with Gasteiger partial charge in [-0.2, -0.15) is 4.99 Å². The molecule has 0 saturated heterocycles. The fraction of sp³-hybridized carbons (Fsp3) is 0.353. The molecule has 0 N–H and O–H groups in total. The van der Waals surface area contributed by atoms with Crippen molar-refractivity contribution in [1.29, 1.82) is 0 Å². The summed E-state index contributed by atoms with van der Waals surface area (Å²) >= 11 is 1.33. The van der Waals surface area contributed by atoms with Crippen LogP contribution in [-0.2, 0) is 25.5 Å². The lowest BCUT2D eigenvalue weighted by atomic mass is 10.2. The number of esters is 1. The summed E-state index contributed by atoms with van der Waals surface area (Å²) in [5, 5.41) is 0. The van der Waals surface area contributed by atoms with Crippen LogP contribution in [0.15, 0.2) is 35.2 Å². The molecule has 0 radical (unpaired) electrons. The van der Waals surface area contributed by atoms with Crippen LogP contribution in [0.4, 0.5) is 0 Å². The van der Waals surface area contributed by atoms with Crippen LogP contribution in [0.1, 0.15) is 24.2 Å². The second-order valence-electron chi connectivity index (χ2n) is 5.15. The number of rotatable bonds is 4. The number of hydrogen-bond acceptors (Lipinski definition) is 6. The Kier molecular flexibility index (Phi) is 5.18. The number of hydrogen-bond donors (Lipinski definition) is 0. The van der Waals surface area contributed by atoms with Crippen LogP contribution in [-0.4, -0.2) is 36.3 Å². The summed E-state index contributed by atoms with van der Waals surface area (Å²) in [4.78, 5) is 28.8. The van der Waals surface area contributed by atoms with E-state index in [0.717, 1.165) is 10.2 Å². The minimum absolute atomic E-state index is 0.0959.